The molecule has 1 aromatic heterocycles. The number of anilines is 1. The molecule has 0 aliphatic carbocycles. The summed E-state index contributed by atoms with van der Waals surface area (Å²) >= 11 is 0. The van der Waals surface area contributed by atoms with Crippen LogP contribution in [0.3, 0.4) is 0 Å². The van der Waals surface area contributed by atoms with Crippen LogP contribution >= 0.6 is 0 Å². The van der Waals surface area contributed by atoms with Crippen LogP contribution in [0, 0.1) is 0 Å². The summed E-state index contributed by atoms with van der Waals surface area (Å²) < 4.78 is 4.28. The van der Waals surface area contributed by atoms with Gasteiger partial charge in [-0.25, -0.2) is 9.42 Å². The lowest BCUT2D eigenvalue weighted by molar-refractivity contribution is -0.139. The van der Waals surface area contributed by atoms with Gasteiger partial charge in [0.25, 0.3) is 5.91 Å². The third-order valence-corrected chi connectivity index (χ3v) is 2.38. The van der Waals surface area contributed by atoms with E-state index in [4.69, 9.17) is 10.8 Å². The largest absolute Gasteiger partial charge is 0.479 e. The summed E-state index contributed by atoms with van der Waals surface area (Å²) in [6.45, 7) is 0. The average Bonchev–Trinajstić information content (AvgIpc) is 2.82. The molecule has 2 aromatic rings. The van der Waals surface area contributed by atoms with Crippen molar-refractivity contribution in [1.82, 2.24) is 15.6 Å². The van der Waals surface area contributed by atoms with E-state index in [1.165, 1.54) is 0 Å². The van der Waals surface area contributed by atoms with Gasteiger partial charge in [0.1, 0.15) is 0 Å². The molecule has 2 rings (SSSR count). The number of aliphatic carboxylic acids is 1. The molecule has 4 N–H and O–H groups in total. The number of rotatable bonds is 4. The Labute approximate surface area is 107 Å². The molecule has 98 valence electrons. The van der Waals surface area contributed by atoms with Crippen LogP contribution in [0.2, 0.25) is 0 Å². The topological polar surface area (TPSA) is 131 Å². The Morgan fingerprint density at radius 2 is 1.95 bits per heavy atom. The van der Waals surface area contributed by atoms with Gasteiger partial charge in [-0.2, -0.15) is 0 Å². The maximum atomic E-state index is 11.8. The van der Waals surface area contributed by atoms with Crippen molar-refractivity contribution in [3.8, 4) is 0 Å². The van der Waals surface area contributed by atoms with Crippen LogP contribution in [-0.4, -0.2) is 27.3 Å². The van der Waals surface area contributed by atoms with E-state index in [9.17, 15) is 9.59 Å². The van der Waals surface area contributed by atoms with Gasteiger partial charge < -0.3 is 16.2 Å². The van der Waals surface area contributed by atoms with Crippen molar-refractivity contribution in [3.63, 3.8) is 0 Å². The molecule has 0 radical (unpaired) electrons. The van der Waals surface area contributed by atoms with Crippen LogP contribution in [0.4, 0.5) is 5.82 Å². The number of aromatic nitrogens is 2. The minimum absolute atomic E-state index is 0.199. The average molecular weight is 262 g/mol. The Morgan fingerprint density at radius 1 is 1.26 bits per heavy atom. The number of carbonyl (C=O) groups is 2. The normalized spacial score (nSPS) is 11.8. The van der Waals surface area contributed by atoms with Crippen LogP contribution in [-0.2, 0) is 4.79 Å². The zero-order chi connectivity index (χ0) is 13.8. The van der Waals surface area contributed by atoms with Crippen LogP contribution < -0.4 is 11.1 Å². The number of carbonyl (C=O) groups excluding carboxylic acids is 1. The lowest BCUT2D eigenvalue weighted by atomic mass is 10.1. The Hall–Kier alpha value is -2.90. The molecule has 0 saturated heterocycles. The van der Waals surface area contributed by atoms with Crippen molar-refractivity contribution in [2.24, 2.45) is 0 Å². The van der Waals surface area contributed by atoms with E-state index in [1.54, 1.807) is 30.3 Å². The van der Waals surface area contributed by atoms with E-state index >= 15 is 0 Å². The van der Waals surface area contributed by atoms with Crippen LogP contribution in [0.25, 0.3) is 0 Å². The van der Waals surface area contributed by atoms with Gasteiger partial charge in [0.05, 0.1) is 0 Å². The smallest absolute Gasteiger partial charge is 0.330 e. The molecule has 1 aromatic carbocycles. The number of nitrogens with zero attached hydrogens (tertiary/aromatic N) is 2. The highest BCUT2D eigenvalue weighted by atomic mass is 16.6. The van der Waals surface area contributed by atoms with Crippen molar-refractivity contribution < 1.29 is 19.3 Å². The van der Waals surface area contributed by atoms with Gasteiger partial charge in [0.15, 0.2) is 6.04 Å². The first kappa shape index (κ1) is 12.6. The van der Waals surface area contributed by atoms with Crippen LogP contribution in [0.1, 0.15) is 22.1 Å². The van der Waals surface area contributed by atoms with Gasteiger partial charge in [0.2, 0.25) is 11.5 Å². The SMILES string of the molecule is Nc1nonc1C(=O)NC(C(=O)O)c1ccccc1. The van der Waals surface area contributed by atoms with E-state index in [1.807, 2.05) is 0 Å². The van der Waals surface area contributed by atoms with Crippen molar-refractivity contribution in [2.75, 3.05) is 5.73 Å². The number of nitrogen functional groups attached to an aromatic ring is 1. The lowest BCUT2D eigenvalue weighted by Crippen LogP contribution is -2.34. The maximum absolute atomic E-state index is 11.8. The fourth-order valence-electron chi connectivity index (χ4n) is 1.49. The second kappa shape index (κ2) is 5.17. The number of carboxylic acid groups (broad SMARTS) is 1. The molecule has 8 heteroatoms. The Kier molecular flexibility index (Phi) is 3.42. The van der Waals surface area contributed by atoms with Crippen molar-refractivity contribution in [3.05, 3.63) is 41.6 Å². The standard InChI is InChI=1S/C11H10N4O4/c12-9-8(14-19-15-9)10(16)13-7(11(17)18)6-4-2-1-3-5-6/h1-5,7H,(H2,12,15)(H,13,16)(H,17,18). The maximum Gasteiger partial charge on any atom is 0.330 e. The predicted octanol–water partition coefficient (Wildman–Crippen LogP) is 0.207. The van der Waals surface area contributed by atoms with Crippen molar-refractivity contribution >= 4 is 17.7 Å². The van der Waals surface area contributed by atoms with E-state index in [0.717, 1.165) is 0 Å². The predicted molar refractivity (Wildman–Crippen MR) is 63.0 cm³/mol. The Bertz CT molecular complexity index is 596. The first-order valence-corrected chi connectivity index (χ1v) is 5.26. The first-order chi connectivity index (χ1) is 9.09. The summed E-state index contributed by atoms with van der Waals surface area (Å²) in [5.41, 5.74) is 5.54. The van der Waals surface area contributed by atoms with E-state index in [0.29, 0.717) is 5.56 Å². The summed E-state index contributed by atoms with van der Waals surface area (Å²) in [6, 6.07) is 7.05. The van der Waals surface area contributed by atoms with Gasteiger partial charge in [0, 0.05) is 0 Å². The Morgan fingerprint density at radius 3 is 2.47 bits per heavy atom. The Balaban J connectivity index is 2.21. The first-order valence-electron chi connectivity index (χ1n) is 5.26. The summed E-state index contributed by atoms with van der Waals surface area (Å²) in [5.74, 6) is -2.17. The van der Waals surface area contributed by atoms with Gasteiger partial charge in [-0.3, -0.25) is 4.79 Å². The molecule has 0 aliphatic heterocycles. The van der Waals surface area contributed by atoms with E-state index in [2.05, 4.69) is 20.3 Å². The molecule has 1 atom stereocenters. The fourth-order valence-corrected chi connectivity index (χ4v) is 1.49. The molecule has 0 fully saturated rings. The monoisotopic (exact) mass is 262 g/mol. The highest BCUT2D eigenvalue weighted by Gasteiger charge is 2.25. The fraction of sp³-hybridized carbons (Fsp3) is 0.0909. The second-order valence-corrected chi connectivity index (χ2v) is 3.65. The molecule has 0 spiro atoms. The summed E-state index contributed by atoms with van der Waals surface area (Å²) in [7, 11) is 0. The number of benzene rings is 1. The van der Waals surface area contributed by atoms with E-state index in [-0.39, 0.29) is 11.5 Å². The molecule has 0 bridgehead atoms. The highest BCUT2D eigenvalue weighted by Crippen LogP contribution is 2.14. The molecule has 1 unspecified atom stereocenters. The van der Waals surface area contributed by atoms with Crippen LogP contribution in [0.15, 0.2) is 35.0 Å². The van der Waals surface area contributed by atoms with Crippen molar-refractivity contribution in [1.29, 1.82) is 0 Å². The highest BCUT2D eigenvalue weighted by molar-refractivity contribution is 5.98. The number of hydrogen-bond donors (Lipinski definition) is 3. The van der Waals surface area contributed by atoms with Gasteiger partial charge in [-0.15, -0.1) is 0 Å². The summed E-state index contributed by atoms with van der Waals surface area (Å²) in [6.07, 6.45) is 0. The van der Waals surface area contributed by atoms with E-state index < -0.39 is 17.9 Å². The molecule has 1 heterocycles. The number of hydrogen-bond acceptors (Lipinski definition) is 6. The molecular weight excluding hydrogens is 252 g/mol. The number of nitrogens with one attached hydrogen (secondary N) is 1. The quantitative estimate of drug-likeness (QED) is 0.717. The third kappa shape index (κ3) is 2.68. The zero-order valence-corrected chi connectivity index (χ0v) is 9.61. The molecule has 8 nitrogen and oxygen atoms in total. The lowest BCUT2D eigenvalue weighted by Gasteiger charge is -2.13. The molecular formula is C11H10N4O4. The zero-order valence-electron chi connectivity index (χ0n) is 9.61. The molecule has 0 saturated carbocycles. The molecule has 0 aliphatic rings. The van der Waals surface area contributed by atoms with Crippen LogP contribution in [0.5, 0.6) is 0 Å². The minimum Gasteiger partial charge on any atom is -0.479 e. The second-order valence-electron chi connectivity index (χ2n) is 3.65. The number of amides is 1. The van der Waals surface area contributed by atoms with Crippen molar-refractivity contribution in [2.45, 2.75) is 6.04 Å². The van der Waals surface area contributed by atoms with Gasteiger partial charge >= 0.3 is 5.97 Å². The number of carboxylic acids is 1. The summed E-state index contributed by atoms with van der Waals surface area (Å²) in [4.78, 5) is 23.0. The minimum atomic E-state index is -1.20. The molecule has 19 heavy (non-hydrogen) atoms. The summed E-state index contributed by atoms with van der Waals surface area (Å²) in [5, 5.41) is 18.0. The number of nitrogens with two attached hydrogens (primary N) is 1. The van der Waals surface area contributed by atoms with Gasteiger partial charge in [-0.1, -0.05) is 30.3 Å². The molecule has 1 amide bonds. The van der Waals surface area contributed by atoms with Gasteiger partial charge in [-0.05, 0) is 15.9 Å². The third-order valence-electron chi connectivity index (χ3n) is 2.38.